The van der Waals surface area contributed by atoms with E-state index in [1.165, 1.54) is 6.07 Å². The van der Waals surface area contributed by atoms with Gasteiger partial charge < -0.3 is 0 Å². The van der Waals surface area contributed by atoms with Crippen molar-refractivity contribution < 1.29 is 14.0 Å². The minimum atomic E-state index is -0.182. The monoisotopic (exact) mass is 267 g/mol. The van der Waals surface area contributed by atoms with Crippen LogP contribution in [0.15, 0.2) is 18.2 Å². The number of nitrogens with one attached hydrogen (secondary N) is 1. The normalized spacial score (nSPS) is 12.2. The van der Waals surface area contributed by atoms with Gasteiger partial charge in [0.05, 0.1) is 6.61 Å². The van der Waals surface area contributed by atoms with Crippen molar-refractivity contribution in [3.05, 3.63) is 35.1 Å². The Hall–Kier alpha value is -1.42. The zero-order valence-corrected chi connectivity index (χ0v) is 11.8. The fourth-order valence-corrected chi connectivity index (χ4v) is 1.96. The lowest BCUT2D eigenvalue weighted by Gasteiger charge is -2.15. The van der Waals surface area contributed by atoms with Gasteiger partial charge in [0.1, 0.15) is 5.82 Å². The number of aryl methyl sites for hydroxylation is 1. The molecule has 0 aromatic heterocycles. The number of carbonyl (C=O) groups excluding carboxylic acids is 1. The molecule has 1 unspecified atom stereocenters. The molecule has 0 radical (unpaired) electrons. The maximum absolute atomic E-state index is 13.4. The van der Waals surface area contributed by atoms with E-state index in [2.05, 4.69) is 5.48 Å². The summed E-state index contributed by atoms with van der Waals surface area (Å²) in [6.07, 6.45) is 1.97. The van der Waals surface area contributed by atoms with Crippen LogP contribution in [-0.2, 0) is 22.5 Å². The lowest BCUT2D eigenvalue weighted by atomic mass is 9.95. The molecular weight excluding hydrogens is 245 g/mol. The van der Waals surface area contributed by atoms with E-state index in [0.29, 0.717) is 25.0 Å². The Morgan fingerprint density at radius 3 is 2.68 bits per heavy atom. The van der Waals surface area contributed by atoms with Crippen LogP contribution >= 0.6 is 0 Å². The Bertz CT molecular complexity index is 421. The summed E-state index contributed by atoms with van der Waals surface area (Å²) in [5.41, 5.74) is 4.11. The molecule has 3 nitrogen and oxygen atoms in total. The molecule has 0 saturated heterocycles. The highest BCUT2D eigenvalue weighted by molar-refractivity contribution is 5.77. The molecule has 0 bridgehead atoms. The average molecular weight is 267 g/mol. The molecule has 0 aliphatic carbocycles. The molecular formula is C15H22FNO2. The van der Waals surface area contributed by atoms with Gasteiger partial charge in [0.2, 0.25) is 5.91 Å². The number of amides is 1. The summed E-state index contributed by atoms with van der Waals surface area (Å²) >= 11 is 0. The first kappa shape index (κ1) is 15.6. The highest BCUT2D eigenvalue weighted by Gasteiger charge is 2.17. The molecule has 0 saturated carbocycles. The number of rotatable bonds is 7. The smallest absolute Gasteiger partial charge is 0.246 e. The number of carbonyl (C=O) groups is 1. The maximum Gasteiger partial charge on any atom is 0.246 e. The predicted molar refractivity (Wildman–Crippen MR) is 73.0 cm³/mol. The summed E-state index contributed by atoms with van der Waals surface area (Å²) in [6, 6.07) is 5.05. The molecule has 1 rings (SSSR count). The topological polar surface area (TPSA) is 38.3 Å². The van der Waals surface area contributed by atoms with Crippen LogP contribution in [0.4, 0.5) is 4.39 Å². The molecule has 0 spiro atoms. The SMILES string of the molecule is CCONC(=O)C(CC)Cc1ccc(F)c(CC)c1. The number of hydroxylamine groups is 1. The van der Waals surface area contributed by atoms with Crippen molar-refractivity contribution in [3.63, 3.8) is 0 Å². The summed E-state index contributed by atoms with van der Waals surface area (Å²) in [5, 5.41) is 0. The lowest BCUT2D eigenvalue weighted by Crippen LogP contribution is -2.31. The van der Waals surface area contributed by atoms with Crippen molar-refractivity contribution in [2.75, 3.05) is 6.61 Å². The van der Waals surface area contributed by atoms with Crippen LogP contribution in [0.3, 0.4) is 0 Å². The molecule has 1 aromatic rings. The Balaban J connectivity index is 2.72. The first-order valence-electron chi connectivity index (χ1n) is 6.81. The number of halogens is 1. The van der Waals surface area contributed by atoms with Crippen LogP contribution in [0.2, 0.25) is 0 Å². The summed E-state index contributed by atoms with van der Waals surface area (Å²) < 4.78 is 13.4. The van der Waals surface area contributed by atoms with Crippen molar-refractivity contribution in [2.24, 2.45) is 5.92 Å². The second-order valence-corrected chi connectivity index (χ2v) is 4.49. The first-order chi connectivity index (χ1) is 9.12. The van der Waals surface area contributed by atoms with Gasteiger partial charge in [0, 0.05) is 5.92 Å². The van der Waals surface area contributed by atoms with Gasteiger partial charge in [-0.3, -0.25) is 9.63 Å². The molecule has 0 aliphatic heterocycles. The van der Waals surface area contributed by atoms with Gasteiger partial charge in [-0.2, -0.15) is 0 Å². The average Bonchev–Trinajstić information content (AvgIpc) is 2.43. The van der Waals surface area contributed by atoms with Crippen molar-refractivity contribution in [2.45, 2.75) is 40.0 Å². The summed E-state index contributed by atoms with van der Waals surface area (Å²) in [4.78, 5) is 16.8. The number of benzene rings is 1. The van der Waals surface area contributed by atoms with Crippen LogP contribution in [0, 0.1) is 11.7 Å². The van der Waals surface area contributed by atoms with Gasteiger partial charge in [0.25, 0.3) is 0 Å². The van der Waals surface area contributed by atoms with E-state index >= 15 is 0 Å². The van der Waals surface area contributed by atoms with Crippen LogP contribution in [0.1, 0.15) is 38.3 Å². The van der Waals surface area contributed by atoms with Gasteiger partial charge in [-0.15, -0.1) is 0 Å². The molecule has 106 valence electrons. The van der Waals surface area contributed by atoms with Crippen molar-refractivity contribution in [1.29, 1.82) is 0 Å². The van der Waals surface area contributed by atoms with Crippen LogP contribution in [0.25, 0.3) is 0 Å². The van der Waals surface area contributed by atoms with E-state index in [1.807, 2.05) is 26.8 Å². The second kappa shape index (κ2) is 7.89. The fraction of sp³-hybridized carbons (Fsp3) is 0.533. The highest BCUT2D eigenvalue weighted by atomic mass is 19.1. The Morgan fingerprint density at radius 2 is 2.11 bits per heavy atom. The van der Waals surface area contributed by atoms with Crippen LogP contribution in [0.5, 0.6) is 0 Å². The van der Waals surface area contributed by atoms with Gasteiger partial charge in [-0.25, -0.2) is 9.87 Å². The summed E-state index contributed by atoms with van der Waals surface area (Å²) in [6.45, 7) is 6.13. The molecule has 4 heteroatoms. The molecule has 1 N–H and O–H groups in total. The van der Waals surface area contributed by atoms with Gasteiger partial charge in [0.15, 0.2) is 0 Å². The van der Waals surface area contributed by atoms with Gasteiger partial charge in [-0.1, -0.05) is 26.0 Å². The van der Waals surface area contributed by atoms with E-state index in [-0.39, 0.29) is 17.6 Å². The van der Waals surface area contributed by atoms with Crippen molar-refractivity contribution >= 4 is 5.91 Å². The lowest BCUT2D eigenvalue weighted by molar-refractivity contribution is -0.137. The van der Waals surface area contributed by atoms with Gasteiger partial charge >= 0.3 is 0 Å². The molecule has 1 aromatic carbocycles. The molecule has 0 aliphatic rings. The predicted octanol–water partition coefficient (Wildman–Crippen LogP) is 3.02. The van der Waals surface area contributed by atoms with E-state index in [1.54, 1.807) is 6.07 Å². The molecule has 19 heavy (non-hydrogen) atoms. The quantitative estimate of drug-likeness (QED) is 0.771. The first-order valence-corrected chi connectivity index (χ1v) is 6.81. The maximum atomic E-state index is 13.4. The minimum absolute atomic E-state index is 0.119. The molecule has 0 fully saturated rings. The van der Waals surface area contributed by atoms with E-state index < -0.39 is 0 Å². The van der Waals surface area contributed by atoms with E-state index in [4.69, 9.17) is 4.84 Å². The third-order valence-corrected chi connectivity index (χ3v) is 3.15. The third kappa shape index (κ3) is 4.63. The fourth-order valence-electron chi connectivity index (χ4n) is 1.96. The van der Waals surface area contributed by atoms with Crippen molar-refractivity contribution in [1.82, 2.24) is 5.48 Å². The highest BCUT2D eigenvalue weighted by Crippen LogP contribution is 2.17. The van der Waals surface area contributed by atoms with Crippen LogP contribution < -0.4 is 5.48 Å². The standard InChI is InChI=1S/C15H22FNO2/c1-4-12-9-11(7-8-14(12)16)10-13(5-2)15(18)17-19-6-3/h7-9,13H,4-6,10H2,1-3H3,(H,17,18). The second-order valence-electron chi connectivity index (χ2n) is 4.49. The Kier molecular flexibility index (Phi) is 6.50. The van der Waals surface area contributed by atoms with Gasteiger partial charge in [-0.05, 0) is 43.4 Å². The zero-order valence-electron chi connectivity index (χ0n) is 11.8. The molecule has 0 heterocycles. The summed E-state index contributed by atoms with van der Waals surface area (Å²) in [7, 11) is 0. The number of hydrogen-bond acceptors (Lipinski definition) is 2. The number of hydrogen-bond donors (Lipinski definition) is 1. The zero-order chi connectivity index (χ0) is 14.3. The van der Waals surface area contributed by atoms with E-state index in [9.17, 15) is 9.18 Å². The molecule has 1 amide bonds. The minimum Gasteiger partial charge on any atom is -0.274 e. The van der Waals surface area contributed by atoms with Crippen LogP contribution in [-0.4, -0.2) is 12.5 Å². The third-order valence-electron chi connectivity index (χ3n) is 3.15. The Labute approximate surface area is 114 Å². The molecule has 1 atom stereocenters. The largest absolute Gasteiger partial charge is 0.274 e. The van der Waals surface area contributed by atoms with Crippen molar-refractivity contribution in [3.8, 4) is 0 Å². The van der Waals surface area contributed by atoms with E-state index in [0.717, 1.165) is 12.0 Å². The summed E-state index contributed by atoms with van der Waals surface area (Å²) in [5.74, 6) is -0.452. The Morgan fingerprint density at radius 1 is 1.37 bits per heavy atom.